The van der Waals surface area contributed by atoms with Crippen LogP contribution in [0.3, 0.4) is 0 Å². The van der Waals surface area contributed by atoms with E-state index >= 15 is 0 Å². The Bertz CT molecular complexity index is 1140. The fourth-order valence-corrected chi connectivity index (χ4v) is 4.55. The lowest BCUT2D eigenvalue weighted by Crippen LogP contribution is -2.46. The highest BCUT2D eigenvalue weighted by atomic mass is 16.5. The van der Waals surface area contributed by atoms with Crippen molar-refractivity contribution >= 4 is 11.6 Å². The van der Waals surface area contributed by atoms with Crippen LogP contribution in [0.2, 0.25) is 0 Å². The third-order valence-electron chi connectivity index (χ3n) is 6.64. The average Bonchev–Trinajstić information content (AvgIpc) is 2.90. The number of ether oxygens (including phenoxy) is 1. The largest absolute Gasteiger partial charge is 0.506 e. The van der Waals surface area contributed by atoms with Crippen LogP contribution in [0.25, 0.3) is 11.1 Å². The third kappa shape index (κ3) is 5.74. The molecule has 7 nitrogen and oxygen atoms in total. The Balaban J connectivity index is 1.36. The maximum atomic E-state index is 12.6. The molecule has 0 atom stereocenters. The summed E-state index contributed by atoms with van der Waals surface area (Å²) in [4.78, 5) is 23.3. The lowest BCUT2D eigenvalue weighted by molar-refractivity contribution is 0.0773. The normalized spacial score (nSPS) is 14.1. The Morgan fingerprint density at radius 2 is 1.69 bits per heavy atom. The van der Waals surface area contributed by atoms with E-state index in [1.807, 2.05) is 43.0 Å². The quantitative estimate of drug-likeness (QED) is 0.526. The number of carbonyl (C=O) groups excluding carboxylic acids is 1. The molecule has 1 saturated heterocycles. The summed E-state index contributed by atoms with van der Waals surface area (Å²) < 4.78 is 5.68. The van der Waals surface area contributed by atoms with Crippen LogP contribution in [0.1, 0.15) is 29.8 Å². The van der Waals surface area contributed by atoms with Gasteiger partial charge < -0.3 is 19.6 Å². The molecule has 0 aliphatic carbocycles. The zero-order chi connectivity index (χ0) is 24.8. The molecule has 0 unspecified atom stereocenters. The number of hydrogen-bond donors (Lipinski definition) is 1. The molecule has 1 amide bonds. The van der Waals surface area contributed by atoms with Crippen molar-refractivity contribution in [2.24, 2.45) is 0 Å². The van der Waals surface area contributed by atoms with Crippen molar-refractivity contribution in [1.82, 2.24) is 14.8 Å². The van der Waals surface area contributed by atoms with E-state index in [-0.39, 0.29) is 11.7 Å². The van der Waals surface area contributed by atoms with Crippen LogP contribution in [0, 0.1) is 0 Å². The highest BCUT2D eigenvalue weighted by Crippen LogP contribution is 2.29. The Hall–Kier alpha value is -3.58. The van der Waals surface area contributed by atoms with E-state index in [4.69, 9.17) is 4.74 Å². The summed E-state index contributed by atoms with van der Waals surface area (Å²) in [5.74, 6) is 1.07. The monoisotopic (exact) mass is 474 g/mol. The molecule has 1 fully saturated rings. The second kappa shape index (κ2) is 11.2. The Labute approximate surface area is 207 Å². The lowest BCUT2D eigenvalue weighted by atomic mass is 10.0. The molecular formula is C28H34N4O3. The molecule has 1 aliphatic heterocycles. The predicted molar refractivity (Wildman–Crippen MR) is 139 cm³/mol. The van der Waals surface area contributed by atoms with Crippen LogP contribution < -0.4 is 9.64 Å². The van der Waals surface area contributed by atoms with Crippen molar-refractivity contribution in [2.75, 3.05) is 51.3 Å². The first-order valence-corrected chi connectivity index (χ1v) is 12.2. The van der Waals surface area contributed by atoms with Crippen LogP contribution in [0.5, 0.6) is 11.5 Å². The van der Waals surface area contributed by atoms with Crippen molar-refractivity contribution in [3.05, 3.63) is 72.1 Å². The summed E-state index contributed by atoms with van der Waals surface area (Å²) in [6, 6.07) is 15.8. The number of nitrogens with zero attached hydrogens (tertiary/aromatic N) is 4. The SMILES string of the molecule is CCN(CC)C(=O)c1ccc(N2CCN(Cc3ccc(-c4cncc(O)c4)cc3OC)CC2)cc1. The molecule has 184 valence electrons. The van der Waals surface area contributed by atoms with Gasteiger partial charge in [0.1, 0.15) is 11.5 Å². The Morgan fingerprint density at radius 1 is 0.971 bits per heavy atom. The van der Waals surface area contributed by atoms with Crippen LogP contribution in [-0.4, -0.2) is 72.2 Å². The van der Waals surface area contributed by atoms with Gasteiger partial charge in [-0.3, -0.25) is 14.7 Å². The fraction of sp³-hybridized carbons (Fsp3) is 0.357. The van der Waals surface area contributed by atoms with Gasteiger partial charge in [-0.15, -0.1) is 0 Å². The van der Waals surface area contributed by atoms with Gasteiger partial charge in [0.05, 0.1) is 13.3 Å². The summed E-state index contributed by atoms with van der Waals surface area (Å²) in [6.07, 6.45) is 3.16. The zero-order valence-corrected chi connectivity index (χ0v) is 20.8. The van der Waals surface area contributed by atoms with E-state index in [1.54, 1.807) is 19.4 Å². The van der Waals surface area contributed by atoms with Crippen molar-refractivity contribution in [3.8, 4) is 22.6 Å². The van der Waals surface area contributed by atoms with Gasteiger partial charge >= 0.3 is 0 Å². The summed E-state index contributed by atoms with van der Waals surface area (Å²) in [5, 5.41) is 9.73. The number of benzene rings is 2. The summed E-state index contributed by atoms with van der Waals surface area (Å²) in [6.45, 7) is 10.0. The minimum Gasteiger partial charge on any atom is -0.506 e. The third-order valence-corrected chi connectivity index (χ3v) is 6.64. The summed E-state index contributed by atoms with van der Waals surface area (Å²) in [5.41, 5.74) is 4.85. The van der Waals surface area contributed by atoms with Crippen LogP contribution in [0.15, 0.2) is 60.9 Å². The second-order valence-electron chi connectivity index (χ2n) is 8.75. The molecule has 4 rings (SSSR count). The van der Waals surface area contributed by atoms with Gasteiger partial charge in [-0.1, -0.05) is 12.1 Å². The molecule has 2 heterocycles. The lowest BCUT2D eigenvalue weighted by Gasteiger charge is -2.36. The van der Waals surface area contributed by atoms with Gasteiger partial charge in [0.25, 0.3) is 5.91 Å². The highest BCUT2D eigenvalue weighted by Gasteiger charge is 2.20. The van der Waals surface area contributed by atoms with Gasteiger partial charge in [-0.25, -0.2) is 0 Å². The molecule has 3 aromatic rings. The molecule has 7 heteroatoms. The van der Waals surface area contributed by atoms with Crippen LogP contribution in [0.4, 0.5) is 5.69 Å². The number of carbonyl (C=O) groups is 1. The molecule has 1 N–H and O–H groups in total. The minimum atomic E-state index is 0.0895. The first kappa shape index (κ1) is 24.5. The van der Waals surface area contributed by atoms with Crippen molar-refractivity contribution in [3.63, 3.8) is 0 Å². The number of aromatic hydroxyl groups is 1. The average molecular weight is 475 g/mol. The molecule has 0 radical (unpaired) electrons. The number of hydrogen-bond acceptors (Lipinski definition) is 6. The zero-order valence-electron chi connectivity index (χ0n) is 20.8. The second-order valence-corrected chi connectivity index (χ2v) is 8.75. The first-order chi connectivity index (χ1) is 17.0. The van der Waals surface area contributed by atoms with Gasteiger partial charge in [-0.2, -0.15) is 0 Å². The highest BCUT2D eigenvalue weighted by molar-refractivity contribution is 5.94. The van der Waals surface area contributed by atoms with E-state index in [9.17, 15) is 9.90 Å². The number of methoxy groups -OCH3 is 1. The van der Waals surface area contributed by atoms with Crippen LogP contribution in [-0.2, 0) is 6.54 Å². The van der Waals surface area contributed by atoms with E-state index in [2.05, 4.69) is 33.0 Å². The number of anilines is 1. The Kier molecular flexibility index (Phi) is 7.87. The number of pyridine rings is 1. The maximum Gasteiger partial charge on any atom is 0.253 e. The maximum absolute atomic E-state index is 12.6. The molecule has 0 bridgehead atoms. The number of piperazine rings is 1. The first-order valence-electron chi connectivity index (χ1n) is 12.2. The smallest absolute Gasteiger partial charge is 0.253 e. The van der Waals surface area contributed by atoms with E-state index < -0.39 is 0 Å². The number of amides is 1. The van der Waals surface area contributed by atoms with Gasteiger partial charge in [0.15, 0.2) is 0 Å². The van der Waals surface area contributed by atoms with E-state index in [0.29, 0.717) is 0 Å². The van der Waals surface area contributed by atoms with Gasteiger partial charge in [0, 0.05) is 74.4 Å². The molecule has 0 spiro atoms. The molecule has 0 saturated carbocycles. The number of aromatic nitrogens is 1. The molecular weight excluding hydrogens is 440 g/mol. The summed E-state index contributed by atoms with van der Waals surface area (Å²) in [7, 11) is 1.69. The predicted octanol–water partition coefficient (Wildman–Crippen LogP) is 4.27. The fourth-order valence-electron chi connectivity index (χ4n) is 4.55. The van der Waals surface area contributed by atoms with E-state index in [1.165, 1.54) is 6.20 Å². The molecule has 35 heavy (non-hydrogen) atoms. The van der Waals surface area contributed by atoms with E-state index in [0.717, 1.165) is 79.5 Å². The Morgan fingerprint density at radius 3 is 2.31 bits per heavy atom. The minimum absolute atomic E-state index is 0.0895. The van der Waals surface area contributed by atoms with Crippen molar-refractivity contribution in [1.29, 1.82) is 0 Å². The summed E-state index contributed by atoms with van der Waals surface area (Å²) >= 11 is 0. The van der Waals surface area contributed by atoms with Gasteiger partial charge in [-0.05, 0) is 55.8 Å². The van der Waals surface area contributed by atoms with Crippen molar-refractivity contribution < 1.29 is 14.6 Å². The standard InChI is InChI=1S/C28H34N4O3/c1-4-31(5-2)28(34)21-8-10-25(11-9-21)32-14-12-30(13-15-32)20-23-7-6-22(17-27(23)35-3)24-16-26(33)19-29-18-24/h6-11,16-19,33H,4-5,12-15,20H2,1-3H3. The number of rotatable bonds is 8. The van der Waals surface area contributed by atoms with Crippen molar-refractivity contribution in [2.45, 2.75) is 20.4 Å². The molecule has 1 aliphatic rings. The molecule has 2 aromatic carbocycles. The van der Waals surface area contributed by atoms with Crippen LogP contribution >= 0.6 is 0 Å². The molecule has 1 aromatic heterocycles. The topological polar surface area (TPSA) is 69.1 Å². The van der Waals surface area contributed by atoms with Gasteiger partial charge in [0.2, 0.25) is 0 Å².